The first-order valence-corrected chi connectivity index (χ1v) is 7.08. The Balaban J connectivity index is 2.53. The van der Waals surface area contributed by atoms with E-state index in [1.807, 2.05) is 0 Å². The molecule has 0 saturated heterocycles. The second kappa shape index (κ2) is 4.34. The minimum Gasteiger partial charge on any atom is -0.242 e. The predicted molar refractivity (Wildman–Crippen MR) is 61.9 cm³/mol. The van der Waals surface area contributed by atoms with E-state index >= 15 is 0 Å². The van der Waals surface area contributed by atoms with E-state index in [1.165, 1.54) is 10.7 Å². The molecule has 0 amide bonds. The Kier molecular flexibility index (Phi) is 3.00. The summed E-state index contributed by atoms with van der Waals surface area (Å²) in [6.45, 7) is 0.0352. The zero-order valence-corrected chi connectivity index (χ0v) is 10.3. The molecule has 0 aliphatic rings. The van der Waals surface area contributed by atoms with Gasteiger partial charge in [-0.25, -0.2) is 17.5 Å². The topological polar surface area (TPSA) is 88.6 Å². The normalized spacial score (nSPS) is 11.6. The summed E-state index contributed by atoms with van der Waals surface area (Å²) in [4.78, 5) is 0. The highest BCUT2D eigenvalue weighted by atomic mass is 32.2. The fourth-order valence-corrected chi connectivity index (χ4v) is 2.06. The van der Waals surface area contributed by atoms with Crippen LogP contribution < -0.4 is 0 Å². The van der Waals surface area contributed by atoms with Crippen molar-refractivity contribution in [1.82, 2.24) is 15.0 Å². The van der Waals surface area contributed by atoms with Gasteiger partial charge < -0.3 is 0 Å². The van der Waals surface area contributed by atoms with Gasteiger partial charge >= 0.3 is 0 Å². The highest BCUT2D eigenvalue weighted by Gasteiger charge is 2.15. The Morgan fingerprint density at radius 1 is 1.50 bits per heavy atom. The summed E-state index contributed by atoms with van der Waals surface area (Å²) in [7, 11) is -3.16. The number of benzene rings is 1. The minimum atomic E-state index is -3.16. The van der Waals surface area contributed by atoms with Crippen LogP contribution in [0.5, 0.6) is 0 Å². The van der Waals surface area contributed by atoms with Gasteiger partial charge in [-0.3, -0.25) is 0 Å². The van der Waals surface area contributed by atoms with Crippen molar-refractivity contribution in [2.75, 3.05) is 12.0 Å². The SMILES string of the molecule is CS(=O)(=O)CCn1nnc2ccc(F)c(C#N)c21. The number of nitrogens with zero attached hydrogens (tertiary/aromatic N) is 4. The molecule has 0 saturated carbocycles. The molecule has 1 aromatic carbocycles. The first-order chi connectivity index (χ1) is 8.42. The van der Waals surface area contributed by atoms with E-state index in [0.29, 0.717) is 5.52 Å². The van der Waals surface area contributed by atoms with E-state index in [0.717, 1.165) is 12.3 Å². The van der Waals surface area contributed by atoms with E-state index < -0.39 is 15.7 Å². The summed E-state index contributed by atoms with van der Waals surface area (Å²) in [6, 6.07) is 4.27. The Bertz CT molecular complexity index is 745. The molecule has 0 unspecified atom stereocenters. The molecule has 2 rings (SSSR count). The summed E-state index contributed by atoms with van der Waals surface area (Å²) in [5, 5.41) is 16.4. The molecular weight excluding hydrogens is 259 g/mol. The number of aromatic nitrogens is 3. The molecule has 0 radical (unpaired) electrons. The van der Waals surface area contributed by atoms with Crippen molar-refractivity contribution in [3.8, 4) is 6.07 Å². The van der Waals surface area contributed by atoms with Crippen LogP contribution in [-0.4, -0.2) is 35.4 Å². The molecule has 0 bridgehead atoms. The predicted octanol–water partition coefficient (Wildman–Crippen LogP) is 0.487. The zero-order chi connectivity index (χ0) is 13.3. The van der Waals surface area contributed by atoms with Gasteiger partial charge in [-0.05, 0) is 12.1 Å². The molecular formula is C10H9FN4O2S. The van der Waals surface area contributed by atoms with Gasteiger partial charge in [-0.2, -0.15) is 5.26 Å². The summed E-state index contributed by atoms with van der Waals surface area (Å²) in [5.74, 6) is -0.819. The van der Waals surface area contributed by atoms with Crippen LogP contribution >= 0.6 is 0 Å². The quantitative estimate of drug-likeness (QED) is 0.808. The van der Waals surface area contributed by atoms with E-state index in [4.69, 9.17) is 5.26 Å². The first kappa shape index (κ1) is 12.4. The first-order valence-electron chi connectivity index (χ1n) is 5.02. The third-order valence-corrected chi connectivity index (χ3v) is 3.33. The van der Waals surface area contributed by atoms with Crippen LogP contribution in [0.3, 0.4) is 0 Å². The summed E-state index contributed by atoms with van der Waals surface area (Å²) in [6.07, 6.45) is 1.10. The lowest BCUT2D eigenvalue weighted by Gasteiger charge is -2.02. The second-order valence-corrected chi connectivity index (χ2v) is 6.10. The third kappa shape index (κ3) is 2.31. The number of halogens is 1. The highest BCUT2D eigenvalue weighted by Crippen LogP contribution is 2.19. The van der Waals surface area contributed by atoms with Crippen LogP contribution in [0.1, 0.15) is 5.56 Å². The van der Waals surface area contributed by atoms with Gasteiger partial charge in [0.25, 0.3) is 0 Å². The van der Waals surface area contributed by atoms with Crippen molar-refractivity contribution in [3.05, 3.63) is 23.5 Å². The highest BCUT2D eigenvalue weighted by molar-refractivity contribution is 7.90. The standard InChI is InChI=1S/C10H9FN4O2S/c1-18(16,17)5-4-15-10-7(6-12)8(11)2-3-9(10)13-14-15/h2-3H,4-5H2,1H3. The molecule has 1 aromatic heterocycles. The van der Waals surface area contributed by atoms with Crippen LogP contribution in [-0.2, 0) is 16.4 Å². The molecule has 2 aromatic rings. The molecule has 0 aliphatic carbocycles. The number of aryl methyl sites for hydroxylation is 1. The average molecular weight is 268 g/mol. The van der Waals surface area contributed by atoms with Gasteiger partial charge in [0.1, 0.15) is 38.3 Å². The largest absolute Gasteiger partial charge is 0.242 e. The molecule has 1 heterocycles. The number of nitriles is 1. The molecule has 18 heavy (non-hydrogen) atoms. The number of rotatable bonds is 3. The monoisotopic (exact) mass is 268 g/mol. The summed E-state index contributed by atoms with van der Waals surface area (Å²) < 4.78 is 36.8. The average Bonchev–Trinajstić information content (AvgIpc) is 2.69. The van der Waals surface area contributed by atoms with Crippen molar-refractivity contribution < 1.29 is 12.8 Å². The van der Waals surface area contributed by atoms with Gasteiger partial charge in [0.15, 0.2) is 0 Å². The van der Waals surface area contributed by atoms with Crippen molar-refractivity contribution in [3.63, 3.8) is 0 Å². The lowest BCUT2D eigenvalue weighted by Crippen LogP contribution is -2.12. The summed E-state index contributed by atoms with van der Waals surface area (Å²) >= 11 is 0. The fraction of sp³-hybridized carbons (Fsp3) is 0.300. The smallest absolute Gasteiger partial charge is 0.149 e. The van der Waals surface area contributed by atoms with E-state index in [-0.39, 0.29) is 23.4 Å². The minimum absolute atomic E-state index is 0.0352. The Labute approximate surface area is 103 Å². The van der Waals surface area contributed by atoms with Crippen LogP contribution in [0.15, 0.2) is 12.1 Å². The molecule has 0 aliphatic heterocycles. The van der Waals surface area contributed by atoms with Crippen LogP contribution in [0, 0.1) is 17.1 Å². The van der Waals surface area contributed by atoms with E-state index in [1.54, 1.807) is 6.07 Å². The van der Waals surface area contributed by atoms with Crippen LogP contribution in [0.2, 0.25) is 0 Å². The Morgan fingerprint density at radius 3 is 2.83 bits per heavy atom. The number of fused-ring (bicyclic) bond motifs is 1. The van der Waals surface area contributed by atoms with Crippen LogP contribution in [0.25, 0.3) is 11.0 Å². The van der Waals surface area contributed by atoms with Crippen LogP contribution in [0.4, 0.5) is 4.39 Å². The maximum atomic E-state index is 13.4. The molecule has 0 fully saturated rings. The molecule has 0 N–H and O–H groups in total. The number of hydrogen-bond donors (Lipinski definition) is 0. The molecule has 94 valence electrons. The van der Waals surface area contributed by atoms with Gasteiger partial charge in [-0.15, -0.1) is 5.10 Å². The number of hydrogen-bond acceptors (Lipinski definition) is 5. The van der Waals surface area contributed by atoms with E-state index in [9.17, 15) is 12.8 Å². The van der Waals surface area contributed by atoms with Gasteiger partial charge in [0.2, 0.25) is 0 Å². The van der Waals surface area contributed by atoms with E-state index in [2.05, 4.69) is 10.3 Å². The van der Waals surface area contributed by atoms with Crippen molar-refractivity contribution in [2.24, 2.45) is 0 Å². The van der Waals surface area contributed by atoms with Crippen molar-refractivity contribution >= 4 is 20.9 Å². The lowest BCUT2D eigenvalue weighted by atomic mass is 10.2. The van der Waals surface area contributed by atoms with Gasteiger partial charge in [-0.1, -0.05) is 5.21 Å². The fourth-order valence-electron chi connectivity index (χ4n) is 1.56. The molecule has 8 heteroatoms. The maximum absolute atomic E-state index is 13.4. The molecule has 0 spiro atoms. The Morgan fingerprint density at radius 2 is 2.22 bits per heavy atom. The zero-order valence-electron chi connectivity index (χ0n) is 9.46. The summed E-state index contributed by atoms with van der Waals surface area (Å²) in [5.41, 5.74) is 0.411. The van der Waals surface area contributed by atoms with Gasteiger partial charge in [0, 0.05) is 6.26 Å². The third-order valence-electron chi connectivity index (χ3n) is 2.41. The van der Waals surface area contributed by atoms with Gasteiger partial charge in [0.05, 0.1) is 12.3 Å². The van der Waals surface area contributed by atoms with Crippen molar-refractivity contribution in [2.45, 2.75) is 6.54 Å². The lowest BCUT2D eigenvalue weighted by molar-refractivity contribution is 0.584. The molecule has 6 nitrogen and oxygen atoms in total. The van der Waals surface area contributed by atoms with Crippen molar-refractivity contribution in [1.29, 1.82) is 5.26 Å². The second-order valence-electron chi connectivity index (χ2n) is 3.84. The maximum Gasteiger partial charge on any atom is 0.149 e. The Hall–Kier alpha value is -2.01. The molecule has 0 atom stereocenters. The number of sulfone groups is 1.